The number of alkyl halides is 1. The van der Waals surface area contributed by atoms with Gasteiger partial charge in [0.05, 0.1) is 0 Å². The number of hydrogen-bond acceptors (Lipinski definition) is 4. The molecule has 0 aliphatic heterocycles. The van der Waals surface area contributed by atoms with Crippen LogP contribution in [0.2, 0.25) is 0 Å². The Bertz CT molecular complexity index is 446. The first-order valence-corrected chi connectivity index (χ1v) is 7.39. The fraction of sp³-hybridized carbons (Fsp3) is 0.333. The Hall–Kier alpha value is -0.340. The smallest absolute Gasteiger partial charge is 0.162 e. The van der Waals surface area contributed by atoms with Gasteiger partial charge < -0.3 is 10.8 Å². The van der Waals surface area contributed by atoms with E-state index in [1.807, 2.05) is 0 Å². The third kappa shape index (κ3) is 3.32. The number of anilines is 1. The summed E-state index contributed by atoms with van der Waals surface area (Å²) >= 11 is 1.71. The van der Waals surface area contributed by atoms with E-state index in [2.05, 4.69) is 0 Å². The van der Waals surface area contributed by atoms with Crippen LogP contribution in [0.5, 0.6) is 0 Å². The van der Waals surface area contributed by atoms with Crippen LogP contribution in [0.4, 0.5) is 5.69 Å². The number of sulfone groups is 1. The average molecular weight is 341 g/mol. The van der Waals surface area contributed by atoms with Gasteiger partial charge in [0.2, 0.25) is 0 Å². The molecule has 1 rings (SSSR count). The molecule has 0 fully saturated rings. The number of benzene rings is 1. The third-order valence-electron chi connectivity index (χ3n) is 1.91. The van der Waals surface area contributed by atoms with Crippen molar-refractivity contribution in [3.63, 3.8) is 0 Å². The van der Waals surface area contributed by atoms with Gasteiger partial charge in [0, 0.05) is 11.9 Å². The summed E-state index contributed by atoms with van der Waals surface area (Å²) in [4.78, 5) is 0. The molecule has 84 valence electrons. The quantitative estimate of drug-likeness (QED) is 0.490. The van der Waals surface area contributed by atoms with Crippen molar-refractivity contribution < 1.29 is 13.5 Å². The van der Waals surface area contributed by atoms with Crippen LogP contribution in [0.1, 0.15) is 11.7 Å². The van der Waals surface area contributed by atoms with Gasteiger partial charge in [-0.05, 0) is 17.7 Å². The summed E-state index contributed by atoms with van der Waals surface area (Å²) in [5, 5.41) is 9.81. The molecule has 0 unspecified atom stereocenters. The Morgan fingerprint density at radius 3 is 2.53 bits per heavy atom. The van der Waals surface area contributed by atoms with Crippen LogP contribution in [0.15, 0.2) is 24.3 Å². The lowest BCUT2D eigenvalue weighted by atomic mass is 10.1. The van der Waals surface area contributed by atoms with Crippen molar-refractivity contribution in [3.8, 4) is 0 Å². The maximum Gasteiger partial charge on any atom is 0.162 e. The second-order valence-corrected chi connectivity index (χ2v) is 7.65. The van der Waals surface area contributed by atoms with Crippen molar-refractivity contribution in [3.05, 3.63) is 29.8 Å². The molecule has 15 heavy (non-hydrogen) atoms. The van der Waals surface area contributed by atoms with Gasteiger partial charge in [-0.15, -0.1) is 0 Å². The van der Waals surface area contributed by atoms with Crippen LogP contribution in [0, 0.1) is 0 Å². The molecule has 4 nitrogen and oxygen atoms in total. The first-order chi connectivity index (χ1) is 6.82. The largest absolute Gasteiger partial charge is 0.399 e. The minimum absolute atomic E-state index is 0.503. The van der Waals surface area contributed by atoms with Crippen LogP contribution in [0.3, 0.4) is 0 Å². The fourth-order valence-corrected chi connectivity index (χ4v) is 2.17. The molecule has 1 aromatic carbocycles. The lowest BCUT2D eigenvalue weighted by Gasteiger charge is -2.16. The monoisotopic (exact) mass is 341 g/mol. The van der Waals surface area contributed by atoms with E-state index >= 15 is 0 Å². The number of nitrogens with two attached hydrogens (primary N) is 1. The molecule has 0 saturated carbocycles. The molecule has 0 spiro atoms. The Labute approximate surface area is 103 Å². The van der Waals surface area contributed by atoms with Crippen molar-refractivity contribution in [1.29, 1.82) is 0 Å². The van der Waals surface area contributed by atoms with Crippen LogP contribution >= 0.6 is 22.6 Å². The van der Waals surface area contributed by atoms with E-state index < -0.39 is 19.2 Å². The van der Waals surface area contributed by atoms with Gasteiger partial charge in [-0.1, -0.05) is 34.7 Å². The minimum atomic E-state index is -3.27. The van der Waals surface area contributed by atoms with Gasteiger partial charge in [-0.2, -0.15) is 0 Å². The lowest BCUT2D eigenvalue weighted by Crippen LogP contribution is -2.21. The summed E-state index contributed by atoms with van der Waals surface area (Å²) in [7, 11) is -3.27. The van der Waals surface area contributed by atoms with Crippen molar-refractivity contribution in [2.45, 2.75) is 9.36 Å². The molecule has 0 aliphatic rings. The van der Waals surface area contributed by atoms with Gasteiger partial charge in [0.1, 0.15) is 9.36 Å². The van der Waals surface area contributed by atoms with Gasteiger partial charge in [-0.25, -0.2) is 8.42 Å². The summed E-state index contributed by atoms with van der Waals surface area (Å²) in [6, 6.07) is 6.58. The molecule has 0 amide bonds. The van der Waals surface area contributed by atoms with Crippen LogP contribution < -0.4 is 5.73 Å². The van der Waals surface area contributed by atoms with Crippen LogP contribution in [0.25, 0.3) is 0 Å². The van der Waals surface area contributed by atoms with Crippen molar-refractivity contribution >= 4 is 38.1 Å². The number of nitrogen functional groups attached to an aromatic ring is 1. The predicted molar refractivity (Wildman–Crippen MR) is 68.5 cm³/mol. The van der Waals surface area contributed by atoms with Gasteiger partial charge in [0.15, 0.2) is 9.84 Å². The highest BCUT2D eigenvalue weighted by atomic mass is 127. The molecule has 0 saturated heterocycles. The summed E-state index contributed by atoms with van der Waals surface area (Å²) in [5.74, 6) is 0. The summed E-state index contributed by atoms with van der Waals surface area (Å²) in [5.41, 5.74) is 6.56. The van der Waals surface area contributed by atoms with Crippen molar-refractivity contribution in [1.82, 2.24) is 0 Å². The van der Waals surface area contributed by atoms with E-state index in [-0.39, 0.29) is 0 Å². The predicted octanol–water partition coefficient (Wildman–Crippen LogP) is 1.11. The number of aliphatic hydroxyl groups is 1. The number of aliphatic hydroxyl groups excluding tert-OH is 1. The Morgan fingerprint density at radius 1 is 1.47 bits per heavy atom. The van der Waals surface area contributed by atoms with E-state index in [9.17, 15) is 13.5 Å². The number of halogens is 1. The third-order valence-corrected chi connectivity index (χ3v) is 6.44. The highest BCUT2D eigenvalue weighted by molar-refractivity contribution is 14.1. The average Bonchev–Trinajstić information content (AvgIpc) is 2.14. The molecule has 0 aromatic heterocycles. The zero-order chi connectivity index (χ0) is 11.6. The molecule has 2 atom stereocenters. The number of hydrogen-bond donors (Lipinski definition) is 2. The topological polar surface area (TPSA) is 80.4 Å². The highest BCUT2D eigenvalue weighted by Crippen LogP contribution is 2.27. The zero-order valence-electron chi connectivity index (χ0n) is 8.09. The molecular formula is C9H12INO3S. The van der Waals surface area contributed by atoms with Crippen LogP contribution in [-0.4, -0.2) is 23.0 Å². The van der Waals surface area contributed by atoms with E-state index in [0.717, 1.165) is 6.26 Å². The minimum Gasteiger partial charge on any atom is -0.399 e. The summed E-state index contributed by atoms with van der Waals surface area (Å²) in [6.07, 6.45) is 0.0451. The summed E-state index contributed by atoms with van der Waals surface area (Å²) < 4.78 is 21.6. The normalized spacial score (nSPS) is 15.9. The second-order valence-electron chi connectivity index (χ2n) is 3.30. The molecule has 6 heteroatoms. The molecular weight excluding hydrogens is 329 g/mol. The molecule has 3 N–H and O–H groups in total. The first kappa shape index (κ1) is 12.7. The lowest BCUT2D eigenvalue weighted by molar-refractivity contribution is 0.197. The van der Waals surface area contributed by atoms with Gasteiger partial charge >= 0.3 is 0 Å². The SMILES string of the molecule is CS(=O)(=O)[C@H](I)[C@@H](O)c1cccc(N)c1. The maximum atomic E-state index is 11.2. The second kappa shape index (κ2) is 4.67. The molecule has 0 heterocycles. The zero-order valence-corrected chi connectivity index (χ0v) is 11.1. The van der Waals surface area contributed by atoms with Crippen molar-refractivity contribution in [2.24, 2.45) is 0 Å². The Kier molecular flexibility index (Phi) is 3.96. The molecule has 0 aliphatic carbocycles. The molecule has 0 bridgehead atoms. The van der Waals surface area contributed by atoms with Crippen LogP contribution in [-0.2, 0) is 9.84 Å². The maximum absolute atomic E-state index is 11.2. The fourth-order valence-electron chi connectivity index (χ4n) is 1.13. The van der Waals surface area contributed by atoms with E-state index in [1.54, 1.807) is 46.9 Å². The van der Waals surface area contributed by atoms with E-state index in [0.29, 0.717) is 11.3 Å². The van der Waals surface area contributed by atoms with E-state index in [4.69, 9.17) is 5.73 Å². The molecule has 0 radical (unpaired) electrons. The standard InChI is InChI=1S/C9H12INO3S/c1-15(13,14)9(10)8(12)6-3-2-4-7(11)5-6/h2-5,8-9,12H,11H2,1H3/t8-,9-/m0/s1. The molecule has 1 aromatic rings. The first-order valence-electron chi connectivity index (χ1n) is 4.19. The van der Waals surface area contributed by atoms with Gasteiger partial charge in [0.25, 0.3) is 0 Å². The van der Waals surface area contributed by atoms with Gasteiger partial charge in [-0.3, -0.25) is 0 Å². The summed E-state index contributed by atoms with van der Waals surface area (Å²) in [6.45, 7) is 0. The Morgan fingerprint density at radius 2 is 2.07 bits per heavy atom. The van der Waals surface area contributed by atoms with Crippen molar-refractivity contribution in [2.75, 3.05) is 12.0 Å². The number of rotatable bonds is 3. The highest BCUT2D eigenvalue weighted by Gasteiger charge is 2.27. The van der Waals surface area contributed by atoms with E-state index in [1.165, 1.54) is 0 Å². The Balaban J connectivity index is 3.00.